The summed E-state index contributed by atoms with van der Waals surface area (Å²) >= 11 is 1.71. The second kappa shape index (κ2) is 6.51. The predicted octanol–water partition coefficient (Wildman–Crippen LogP) is 4.30. The van der Waals surface area contributed by atoms with Crippen LogP contribution >= 0.6 is 11.3 Å². The van der Waals surface area contributed by atoms with E-state index in [4.69, 9.17) is 0 Å². The first-order valence-electron chi connectivity index (χ1n) is 7.17. The van der Waals surface area contributed by atoms with Gasteiger partial charge in [-0.1, -0.05) is 44.2 Å². The van der Waals surface area contributed by atoms with Crippen LogP contribution in [0.15, 0.2) is 35.7 Å². The molecule has 1 atom stereocenters. The molecule has 20 heavy (non-hydrogen) atoms. The molecule has 0 aliphatic rings. The van der Waals surface area contributed by atoms with Gasteiger partial charge in [-0.25, -0.2) is 4.98 Å². The van der Waals surface area contributed by atoms with Crippen LogP contribution in [0, 0.1) is 6.92 Å². The van der Waals surface area contributed by atoms with Crippen molar-refractivity contribution >= 4 is 11.3 Å². The Labute approximate surface area is 126 Å². The molecule has 1 aromatic heterocycles. The number of nitrogens with zero attached hydrogens (tertiary/aromatic N) is 1. The van der Waals surface area contributed by atoms with Gasteiger partial charge >= 0.3 is 0 Å². The largest absolute Gasteiger partial charge is 0.309 e. The van der Waals surface area contributed by atoms with Crippen molar-refractivity contribution < 1.29 is 0 Å². The molecule has 0 saturated carbocycles. The number of rotatable bonds is 6. The summed E-state index contributed by atoms with van der Waals surface area (Å²) in [6.45, 7) is 9.79. The molecule has 0 radical (unpaired) electrons. The third-order valence-electron chi connectivity index (χ3n) is 3.67. The minimum atomic E-state index is 0.186. The van der Waals surface area contributed by atoms with Crippen molar-refractivity contribution in [1.29, 1.82) is 0 Å². The summed E-state index contributed by atoms with van der Waals surface area (Å²) < 4.78 is 0. The highest BCUT2D eigenvalue weighted by Gasteiger charge is 2.22. The molecule has 0 bridgehead atoms. The summed E-state index contributed by atoms with van der Waals surface area (Å²) in [5, 5.41) is 6.86. The second-order valence-corrected chi connectivity index (χ2v) is 7.16. The lowest BCUT2D eigenvalue weighted by atomic mass is 9.79. The smallest absolute Gasteiger partial charge is 0.0897 e. The zero-order valence-electron chi connectivity index (χ0n) is 12.8. The van der Waals surface area contributed by atoms with Gasteiger partial charge in [0.05, 0.1) is 10.7 Å². The quantitative estimate of drug-likeness (QED) is 0.857. The van der Waals surface area contributed by atoms with E-state index in [0.29, 0.717) is 6.04 Å². The van der Waals surface area contributed by atoms with Crippen LogP contribution < -0.4 is 5.32 Å². The fourth-order valence-electron chi connectivity index (χ4n) is 2.61. The Bertz CT molecular complexity index is 531. The summed E-state index contributed by atoms with van der Waals surface area (Å²) in [6.07, 6.45) is 1.11. The number of hydrogen-bond donors (Lipinski definition) is 1. The summed E-state index contributed by atoms with van der Waals surface area (Å²) in [6, 6.07) is 11.2. The number of nitrogens with one attached hydrogen (secondary N) is 1. The normalized spacial score (nSPS) is 13.4. The molecule has 0 amide bonds. The molecule has 1 heterocycles. The number of thiazole rings is 1. The van der Waals surface area contributed by atoms with E-state index in [1.165, 1.54) is 5.56 Å². The molecule has 0 saturated heterocycles. The van der Waals surface area contributed by atoms with E-state index in [9.17, 15) is 0 Å². The van der Waals surface area contributed by atoms with Crippen molar-refractivity contribution in [2.75, 3.05) is 0 Å². The summed E-state index contributed by atoms with van der Waals surface area (Å²) in [4.78, 5) is 4.49. The van der Waals surface area contributed by atoms with E-state index in [1.54, 1.807) is 11.3 Å². The maximum absolute atomic E-state index is 4.49. The first-order valence-corrected chi connectivity index (χ1v) is 8.05. The van der Waals surface area contributed by atoms with Crippen LogP contribution in [-0.4, -0.2) is 11.0 Å². The molecular formula is C17H24N2S. The maximum atomic E-state index is 4.49. The Morgan fingerprint density at radius 1 is 1.25 bits per heavy atom. The van der Waals surface area contributed by atoms with Crippen molar-refractivity contribution in [2.24, 2.45) is 0 Å². The van der Waals surface area contributed by atoms with Crippen molar-refractivity contribution in [1.82, 2.24) is 10.3 Å². The van der Waals surface area contributed by atoms with Gasteiger partial charge in [0.1, 0.15) is 0 Å². The highest BCUT2D eigenvalue weighted by molar-refractivity contribution is 7.09. The van der Waals surface area contributed by atoms with E-state index >= 15 is 0 Å². The number of aromatic nitrogens is 1. The Morgan fingerprint density at radius 2 is 1.95 bits per heavy atom. The molecule has 108 valence electrons. The summed E-state index contributed by atoms with van der Waals surface area (Å²) in [5.74, 6) is 0. The minimum Gasteiger partial charge on any atom is -0.309 e. The van der Waals surface area contributed by atoms with Gasteiger partial charge in [-0.2, -0.15) is 0 Å². The van der Waals surface area contributed by atoms with Crippen LogP contribution in [0.5, 0.6) is 0 Å². The Balaban J connectivity index is 1.89. The third kappa shape index (κ3) is 4.15. The lowest BCUT2D eigenvalue weighted by Crippen LogP contribution is -2.33. The van der Waals surface area contributed by atoms with Gasteiger partial charge in [0.15, 0.2) is 0 Å². The Kier molecular flexibility index (Phi) is 4.95. The average molecular weight is 288 g/mol. The highest BCUT2D eigenvalue weighted by atomic mass is 32.1. The fourth-order valence-corrected chi connectivity index (χ4v) is 3.23. The predicted molar refractivity (Wildman–Crippen MR) is 87.2 cm³/mol. The van der Waals surface area contributed by atoms with Gasteiger partial charge in [-0.05, 0) is 31.2 Å². The number of hydrogen-bond acceptors (Lipinski definition) is 3. The molecular weight excluding hydrogens is 264 g/mol. The zero-order chi connectivity index (χ0) is 14.6. The van der Waals surface area contributed by atoms with E-state index in [0.717, 1.165) is 23.7 Å². The van der Waals surface area contributed by atoms with Crippen LogP contribution in [-0.2, 0) is 12.0 Å². The van der Waals surface area contributed by atoms with E-state index in [1.807, 2.05) is 0 Å². The minimum absolute atomic E-state index is 0.186. The Morgan fingerprint density at radius 3 is 2.55 bits per heavy atom. The van der Waals surface area contributed by atoms with Gasteiger partial charge in [0.25, 0.3) is 0 Å². The van der Waals surface area contributed by atoms with Crippen LogP contribution in [0.1, 0.15) is 43.5 Å². The summed E-state index contributed by atoms with van der Waals surface area (Å²) in [7, 11) is 0. The third-order valence-corrected chi connectivity index (χ3v) is 4.49. The van der Waals surface area contributed by atoms with Crippen LogP contribution in [0.4, 0.5) is 0 Å². The SMILES string of the molecule is Cc1nc(CNC(C)CC(C)(C)c2ccccc2)cs1. The van der Waals surface area contributed by atoms with Gasteiger partial charge in [0.2, 0.25) is 0 Å². The van der Waals surface area contributed by atoms with Gasteiger partial charge in [-0.15, -0.1) is 11.3 Å². The van der Waals surface area contributed by atoms with Gasteiger partial charge in [0, 0.05) is 18.0 Å². The van der Waals surface area contributed by atoms with E-state index in [2.05, 4.69) is 73.7 Å². The monoisotopic (exact) mass is 288 g/mol. The number of aryl methyl sites for hydroxylation is 1. The molecule has 3 heteroatoms. The van der Waals surface area contributed by atoms with E-state index in [-0.39, 0.29) is 5.41 Å². The van der Waals surface area contributed by atoms with Gasteiger partial charge < -0.3 is 5.32 Å². The Hall–Kier alpha value is -1.19. The van der Waals surface area contributed by atoms with Crippen molar-refractivity contribution in [3.63, 3.8) is 0 Å². The maximum Gasteiger partial charge on any atom is 0.0897 e. The average Bonchev–Trinajstić information content (AvgIpc) is 2.83. The van der Waals surface area contributed by atoms with E-state index < -0.39 is 0 Å². The summed E-state index contributed by atoms with van der Waals surface area (Å²) in [5.41, 5.74) is 2.74. The lowest BCUT2D eigenvalue weighted by molar-refractivity contribution is 0.387. The first kappa shape index (κ1) is 15.2. The zero-order valence-corrected chi connectivity index (χ0v) is 13.6. The molecule has 2 aromatic rings. The molecule has 2 nitrogen and oxygen atoms in total. The lowest BCUT2D eigenvalue weighted by Gasteiger charge is -2.29. The molecule has 1 aromatic carbocycles. The molecule has 1 unspecified atom stereocenters. The standard InChI is InChI=1S/C17H24N2S/c1-13(18-11-16-12-20-14(2)19-16)10-17(3,4)15-8-6-5-7-9-15/h5-9,12-13,18H,10-11H2,1-4H3. The van der Waals surface area contributed by atoms with Crippen molar-refractivity contribution in [3.05, 3.63) is 52.0 Å². The molecule has 0 aliphatic carbocycles. The molecule has 2 rings (SSSR count). The molecule has 0 fully saturated rings. The topological polar surface area (TPSA) is 24.9 Å². The molecule has 0 spiro atoms. The number of benzene rings is 1. The second-order valence-electron chi connectivity index (χ2n) is 6.09. The molecule has 0 aliphatic heterocycles. The first-order chi connectivity index (χ1) is 9.47. The fraction of sp³-hybridized carbons (Fsp3) is 0.471. The van der Waals surface area contributed by atoms with Crippen LogP contribution in [0.3, 0.4) is 0 Å². The van der Waals surface area contributed by atoms with Crippen LogP contribution in [0.25, 0.3) is 0 Å². The van der Waals surface area contributed by atoms with Crippen LogP contribution in [0.2, 0.25) is 0 Å². The van der Waals surface area contributed by atoms with Gasteiger partial charge in [-0.3, -0.25) is 0 Å². The van der Waals surface area contributed by atoms with Crippen molar-refractivity contribution in [2.45, 2.75) is 52.1 Å². The van der Waals surface area contributed by atoms with Crippen molar-refractivity contribution in [3.8, 4) is 0 Å². The molecule has 1 N–H and O–H groups in total. The highest BCUT2D eigenvalue weighted by Crippen LogP contribution is 2.28.